The fourth-order valence-electron chi connectivity index (χ4n) is 6.56. The first-order valence-electron chi connectivity index (χ1n) is 21.5. The number of alkyl halides is 2. The van der Waals surface area contributed by atoms with E-state index in [-0.39, 0.29) is 55.4 Å². The van der Waals surface area contributed by atoms with Gasteiger partial charge in [-0.2, -0.15) is 16.7 Å². The molecular weight excluding hydrogens is 885 g/mol. The van der Waals surface area contributed by atoms with E-state index in [9.17, 15) is 57.7 Å². The summed E-state index contributed by atoms with van der Waals surface area (Å²) in [5, 5.41) is 36.6. The molecule has 3 amide bonds. The van der Waals surface area contributed by atoms with Crippen LogP contribution in [0.5, 0.6) is 0 Å². The average molecular weight is 950 g/mol. The summed E-state index contributed by atoms with van der Waals surface area (Å²) in [4.78, 5) is 90.8. The zero-order chi connectivity index (χ0) is 48.8. The van der Waals surface area contributed by atoms with E-state index >= 15 is 0 Å². The van der Waals surface area contributed by atoms with Crippen molar-refractivity contribution in [3.8, 4) is 0 Å². The molecule has 2 aliphatic rings. The molecule has 0 bridgehead atoms. The number of aliphatic hydroxyl groups excluding tert-OH is 3. The number of amides is 3. The predicted octanol–water partition coefficient (Wildman–Crippen LogP) is 1.41. The summed E-state index contributed by atoms with van der Waals surface area (Å²) in [7, 11) is 0. The summed E-state index contributed by atoms with van der Waals surface area (Å²) in [6.07, 6.45) is -4.12. The summed E-state index contributed by atoms with van der Waals surface area (Å²) in [6.45, 7) is 11.8. The van der Waals surface area contributed by atoms with E-state index in [1.807, 2.05) is 48.5 Å². The van der Waals surface area contributed by atoms with E-state index in [4.69, 9.17) is 23.7 Å². The zero-order valence-corrected chi connectivity index (χ0v) is 38.8. The maximum atomic E-state index is 14.7. The van der Waals surface area contributed by atoms with Crippen LogP contribution in [0.3, 0.4) is 0 Å². The van der Waals surface area contributed by atoms with Gasteiger partial charge in [-0.25, -0.2) is 13.6 Å². The monoisotopic (exact) mass is 949 g/mol. The second-order valence-electron chi connectivity index (χ2n) is 17.8. The summed E-state index contributed by atoms with van der Waals surface area (Å²) in [5.41, 5.74) is -2.85. The van der Waals surface area contributed by atoms with Gasteiger partial charge in [0.15, 0.2) is 12.9 Å². The number of hydrogen-bond acceptors (Lipinski definition) is 17. The second-order valence-corrected chi connectivity index (χ2v) is 18.9. The van der Waals surface area contributed by atoms with Crippen LogP contribution >= 0.6 is 11.8 Å². The van der Waals surface area contributed by atoms with Crippen LogP contribution in [-0.4, -0.2) is 153 Å². The van der Waals surface area contributed by atoms with E-state index < -0.39 is 114 Å². The van der Waals surface area contributed by atoms with Gasteiger partial charge >= 0.3 is 17.6 Å². The summed E-state index contributed by atoms with van der Waals surface area (Å²) < 4.78 is 57.4. The molecule has 3 heterocycles. The molecule has 23 heteroatoms. The molecule has 6 N–H and O–H groups in total. The molecule has 1 aromatic heterocycles. The third kappa shape index (κ3) is 17.3. The highest BCUT2D eigenvalue weighted by Crippen LogP contribution is 2.45. The highest BCUT2D eigenvalue weighted by molar-refractivity contribution is 7.99. The van der Waals surface area contributed by atoms with Crippen LogP contribution in [-0.2, 0) is 52.5 Å². The van der Waals surface area contributed by atoms with Gasteiger partial charge in [0.25, 0.3) is 5.91 Å². The first-order valence-corrected chi connectivity index (χ1v) is 22.6. The summed E-state index contributed by atoms with van der Waals surface area (Å²) >= 11 is 1.19. The van der Waals surface area contributed by atoms with Crippen molar-refractivity contribution in [2.24, 2.45) is 11.3 Å². The van der Waals surface area contributed by atoms with Crippen molar-refractivity contribution in [1.29, 1.82) is 0 Å². The normalized spacial score (nSPS) is 23.3. The van der Waals surface area contributed by atoms with E-state index in [0.717, 1.165) is 12.3 Å². The number of aliphatic hydroxyl groups is 3. The lowest BCUT2D eigenvalue weighted by Crippen LogP contribution is -2.49. The SMILES string of the molecule is CCC(C)(CCOC(C)(C)CCC(=O)C(C)(C)C)OCCC(=O)NC(CSCC1OC(O)CC1O)C(=O)NCCC(=O)OCC(=O)Nc1ccn(C2OC(CO)C(C=O)C2(F)F)c(=O)n1. The van der Waals surface area contributed by atoms with Crippen molar-refractivity contribution < 1.29 is 76.6 Å². The Labute approximate surface area is 380 Å². The number of halogens is 2. The molecule has 8 unspecified atom stereocenters. The number of Topliss-reactive ketones (excluding diaryl/α,β-unsaturated/α-hetero) is 1. The first-order chi connectivity index (χ1) is 30.3. The fourth-order valence-corrected chi connectivity index (χ4v) is 7.70. The minimum absolute atomic E-state index is 0.0297. The highest BCUT2D eigenvalue weighted by Gasteiger charge is 2.60. The van der Waals surface area contributed by atoms with Crippen molar-refractivity contribution in [2.45, 2.75) is 147 Å². The molecule has 0 aromatic carbocycles. The van der Waals surface area contributed by atoms with Crippen molar-refractivity contribution in [3.63, 3.8) is 0 Å². The Hall–Kier alpha value is -3.97. The van der Waals surface area contributed by atoms with Crippen LogP contribution in [0, 0.1) is 11.3 Å². The molecule has 0 saturated carbocycles. The Morgan fingerprint density at radius 2 is 1.72 bits per heavy atom. The largest absolute Gasteiger partial charge is 0.456 e. The molecule has 1 aromatic rings. The van der Waals surface area contributed by atoms with Crippen molar-refractivity contribution in [3.05, 3.63) is 22.7 Å². The van der Waals surface area contributed by atoms with Crippen LogP contribution < -0.4 is 21.6 Å². The minimum atomic E-state index is -3.85. The van der Waals surface area contributed by atoms with Gasteiger partial charge in [0.05, 0.1) is 62.2 Å². The highest BCUT2D eigenvalue weighted by atomic mass is 32.2. The maximum absolute atomic E-state index is 14.7. The number of rotatable bonds is 27. The van der Waals surface area contributed by atoms with Crippen LogP contribution in [0.2, 0.25) is 0 Å². The topological polar surface area (TPSA) is 280 Å². The number of nitrogens with zero attached hydrogens (tertiary/aromatic N) is 2. The lowest BCUT2D eigenvalue weighted by atomic mass is 9.86. The molecule has 8 atom stereocenters. The maximum Gasteiger partial charge on any atom is 0.351 e. The average Bonchev–Trinajstić information content (AvgIpc) is 3.69. The van der Waals surface area contributed by atoms with Gasteiger partial charge in [-0.05, 0) is 46.1 Å². The zero-order valence-electron chi connectivity index (χ0n) is 38.0. The third-order valence-electron chi connectivity index (χ3n) is 11.0. The molecule has 20 nitrogen and oxygen atoms in total. The van der Waals surface area contributed by atoms with Crippen LogP contribution in [0.25, 0.3) is 0 Å². The lowest BCUT2D eigenvalue weighted by Gasteiger charge is -2.32. The Bertz CT molecular complexity index is 1850. The van der Waals surface area contributed by atoms with Gasteiger partial charge in [0.2, 0.25) is 18.0 Å². The van der Waals surface area contributed by atoms with Crippen molar-refractivity contribution in [1.82, 2.24) is 20.2 Å². The van der Waals surface area contributed by atoms with Crippen LogP contribution in [0.4, 0.5) is 14.6 Å². The van der Waals surface area contributed by atoms with E-state index in [2.05, 4.69) is 20.9 Å². The number of ether oxygens (including phenoxy) is 5. The van der Waals surface area contributed by atoms with Gasteiger partial charge in [-0.1, -0.05) is 27.7 Å². The van der Waals surface area contributed by atoms with Gasteiger partial charge in [-0.15, -0.1) is 0 Å². The summed E-state index contributed by atoms with van der Waals surface area (Å²) in [6, 6.07) is -0.110. The van der Waals surface area contributed by atoms with Crippen molar-refractivity contribution in [2.75, 3.05) is 49.8 Å². The summed E-state index contributed by atoms with van der Waals surface area (Å²) in [5.74, 6) is -8.85. The Morgan fingerprint density at radius 3 is 2.31 bits per heavy atom. The Morgan fingerprint density at radius 1 is 1.02 bits per heavy atom. The van der Waals surface area contributed by atoms with E-state index in [1.54, 1.807) is 0 Å². The molecule has 2 saturated heterocycles. The number of ketones is 1. The van der Waals surface area contributed by atoms with E-state index in [0.29, 0.717) is 36.9 Å². The minimum Gasteiger partial charge on any atom is -0.456 e. The molecule has 368 valence electrons. The Balaban J connectivity index is 1.47. The molecule has 2 fully saturated rings. The molecular formula is C42H65F2N5O15S. The number of nitrogens with one attached hydrogen (secondary N) is 3. The van der Waals surface area contributed by atoms with Crippen LogP contribution in [0.1, 0.15) is 99.6 Å². The number of thioether (sulfide) groups is 1. The molecule has 0 aliphatic carbocycles. The number of carbonyl (C=O) groups is 6. The van der Waals surface area contributed by atoms with Gasteiger partial charge in [0, 0.05) is 42.5 Å². The molecule has 65 heavy (non-hydrogen) atoms. The van der Waals surface area contributed by atoms with Gasteiger partial charge in [0.1, 0.15) is 29.8 Å². The molecule has 2 aliphatic heterocycles. The quantitative estimate of drug-likeness (QED) is 0.0537. The number of carbonyl (C=O) groups excluding carboxylic acids is 6. The Kier molecular flexibility index (Phi) is 21.0. The predicted molar refractivity (Wildman–Crippen MR) is 230 cm³/mol. The number of hydrogen-bond donors (Lipinski definition) is 6. The van der Waals surface area contributed by atoms with E-state index in [1.165, 1.54) is 11.8 Å². The number of anilines is 1. The first kappa shape index (κ1) is 55.4. The van der Waals surface area contributed by atoms with Gasteiger partial charge in [-0.3, -0.25) is 28.5 Å². The standard InChI is InChI=1S/C42H65F2N5O15S/c1-8-41(7,14-18-61-40(5,6)13-9-30(53)39(2,3)4)62-17-12-32(54)46-26(23-65-24-29-27(52)19-35(57)63-29)36(58)45-15-10-34(56)60-22-33(55)47-31-11-16-49(38(59)48-31)37-42(43,44)25(20-50)28(21-51)64-37/h11,16,20,25-29,35,37,51-52,57H,8-10,12-15,17-19,21-24H2,1-7H3,(H,45,58)(H,46,54)(H,47,48,55,59). The lowest BCUT2D eigenvalue weighted by molar-refractivity contribution is -0.147. The smallest absolute Gasteiger partial charge is 0.351 e. The number of aromatic nitrogens is 2. The third-order valence-corrected chi connectivity index (χ3v) is 12.1. The van der Waals surface area contributed by atoms with Crippen molar-refractivity contribution >= 4 is 53.3 Å². The molecule has 0 radical (unpaired) electrons. The fraction of sp³-hybridized carbons (Fsp3) is 0.762. The second kappa shape index (κ2) is 24.7. The molecule has 3 rings (SSSR count). The molecule has 0 spiro atoms. The van der Waals surface area contributed by atoms with Gasteiger partial charge < -0.3 is 59.7 Å². The van der Waals surface area contributed by atoms with Crippen LogP contribution in [0.15, 0.2) is 17.1 Å². The number of aldehydes is 1. The number of esters is 1.